The van der Waals surface area contributed by atoms with Crippen molar-refractivity contribution < 1.29 is 17.9 Å². The van der Waals surface area contributed by atoms with Gasteiger partial charge in [0, 0.05) is 31.4 Å². The number of alkyl halides is 3. The van der Waals surface area contributed by atoms with Crippen LogP contribution in [0.15, 0.2) is 30.6 Å². The molecule has 0 aliphatic carbocycles. The first-order valence-corrected chi connectivity index (χ1v) is 9.60. The summed E-state index contributed by atoms with van der Waals surface area (Å²) in [6.45, 7) is 1.20. The second-order valence-electron chi connectivity index (χ2n) is 6.48. The topological polar surface area (TPSA) is 62.3 Å². The van der Waals surface area contributed by atoms with Crippen LogP contribution in [0.1, 0.15) is 18.4 Å². The largest absolute Gasteiger partial charge is 0.481 e. The highest BCUT2D eigenvalue weighted by Crippen LogP contribution is 2.34. The molecule has 1 saturated heterocycles. The number of nitrogens with zero attached hydrogens (tertiary/aromatic N) is 3. The van der Waals surface area contributed by atoms with Crippen molar-refractivity contribution in [3.63, 3.8) is 0 Å². The molecule has 0 unspecified atom stereocenters. The summed E-state index contributed by atoms with van der Waals surface area (Å²) in [4.78, 5) is 9.90. The molecule has 1 aliphatic rings. The molecule has 3 heterocycles. The van der Waals surface area contributed by atoms with Crippen molar-refractivity contribution in [2.75, 3.05) is 30.4 Å². The molecular weight excluding hydrogens is 427 g/mol. The Morgan fingerprint density at radius 2 is 1.97 bits per heavy atom. The smallest absolute Gasteiger partial charge is 0.417 e. The molecule has 3 rings (SSSR count). The minimum absolute atomic E-state index is 0.00423. The van der Waals surface area contributed by atoms with Crippen LogP contribution in [0.5, 0.6) is 5.88 Å². The second kappa shape index (κ2) is 9.00. The SMILES string of the molecule is COc1ccc(NC(=S)NC2CCN(c3ncc(C(F)(F)F)cc3Cl)CC2)cn1. The molecule has 0 amide bonds. The summed E-state index contributed by atoms with van der Waals surface area (Å²) in [7, 11) is 1.54. The number of anilines is 2. The van der Waals surface area contributed by atoms with Crippen LogP contribution in [0, 0.1) is 0 Å². The van der Waals surface area contributed by atoms with Gasteiger partial charge in [-0.15, -0.1) is 0 Å². The normalized spacial score (nSPS) is 15.1. The summed E-state index contributed by atoms with van der Waals surface area (Å²) in [6, 6.07) is 4.58. The van der Waals surface area contributed by atoms with Crippen LogP contribution in [0.2, 0.25) is 5.02 Å². The van der Waals surface area contributed by atoms with Gasteiger partial charge in [-0.2, -0.15) is 13.2 Å². The zero-order chi connectivity index (χ0) is 21.0. The second-order valence-corrected chi connectivity index (χ2v) is 7.29. The zero-order valence-electron chi connectivity index (χ0n) is 15.5. The van der Waals surface area contributed by atoms with Crippen molar-refractivity contribution in [2.45, 2.75) is 25.1 Å². The minimum atomic E-state index is -4.46. The van der Waals surface area contributed by atoms with Gasteiger partial charge in [-0.3, -0.25) is 0 Å². The average molecular weight is 446 g/mol. The van der Waals surface area contributed by atoms with Gasteiger partial charge in [0.1, 0.15) is 5.82 Å². The fraction of sp³-hybridized carbons (Fsp3) is 0.389. The summed E-state index contributed by atoms with van der Waals surface area (Å²) < 4.78 is 43.3. The Bertz CT molecular complexity index is 858. The maximum atomic E-state index is 12.8. The van der Waals surface area contributed by atoms with Crippen molar-refractivity contribution in [2.24, 2.45) is 0 Å². The first-order valence-electron chi connectivity index (χ1n) is 8.81. The summed E-state index contributed by atoms with van der Waals surface area (Å²) in [5.41, 5.74) is -0.117. The zero-order valence-corrected chi connectivity index (χ0v) is 17.0. The summed E-state index contributed by atoms with van der Waals surface area (Å²) in [5, 5.41) is 6.77. The van der Waals surface area contributed by atoms with Gasteiger partial charge in [0.25, 0.3) is 0 Å². The van der Waals surface area contributed by atoms with Gasteiger partial charge in [0.15, 0.2) is 5.11 Å². The number of thiocarbonyl (C=S) groups is 1. The highest BCUT2D eigenvalue weighted by atomic mass is 35.5. The van der Waals surface area contributed by atoms with Crippen molar-refractivity contribution >= 4 is 40.4 Å². The Labute approximate surface area is 176 Å². The summed E-state index contributed by atoms with van der Waals surface area (Å²) in [6.07, 6.45) is -0.557. The first kappa shape index (κ1) is 21.4. The first-order chi connectivity index (χ1) is 13.8. The molecule has 2 aromatic heterocycles. The molecule has 0 radical (unpaired) electrons. The predicted octanol–water partition coefficient (Wildman–Crippen LogP) is 4.11. The summed E-state index contributed by atoms with van der Waals surface area (Å²) >= 11 is 11.4. The van der Waals surface area contributed by atoms with E-state index in [1.165, 1.54) is 0 Å². The van der Waals surface area contributed by atoms with Gasteiger partial charge in [0.05, 0.1) is 29.6 Å². The van der Waals surface area contributed by atoms with E-state index >= 15 is 0 Å². The Morgan fingerprint density at radius 3 is 2.52 bits per heavy atom. The van der Waals surface area contributed by atoms with E-state index in [4.69, 9.17) is 28.6 Å². The molecule has 0 saturated carbocycles. The van der Waals surface area contributed by atoms with Crippen LogP contribution in [0.25, 0.3) is 0 Å². The lowest BCUT2D eigenvalue weighted by Crippen LogP contribution is -2.46. The molecule has 29 heavy (non-hydrogen) atoms. The van der Waals surface area contributed by atoms with Crippen LogP contribution in [0.4, 0.5) is 24.7 Å². The lowest BCUT2D eigenvalue weighted by Gasteiger charge is -2.34. The molecule has 0 aromatic carbocycles. The van der Waals surface area contributed by atoms with E-state index < -0.39 is 11.7 Å². The van der Waals surface area contributed by atoms with E-state index in [-0.39, 0.29) is 11.1 Å². The van der Waals surface area contributed by atoms with Crippen molar-refractivity contribution in [1.29, 1.82) is 0 Å². The van der Waals surface area contributed by atoms with Gasteiger partial charge in [-0.1, -0.05) is 11.6 Å². The fourth-order valence-electron chi connectivity index (χ4n) is 2.98. The lowest BCUT2D eigenvalue weighted by molar-refractivity contribution is -0.137. The van der Waals surface area contributed by atoms with E-state index in [1.54, 1.807) is 25.4 Å². The molecule has 2 N–H and O–H groups in total. The molecule has 6 nitrogen and oxygen atoms in total. The van der Waals surface area contributed by atoms with E-state index in [9.17, 15) is 13.2 Å². The molecule has 11 heteroatoms. The predicted molar refractivity (Wildman–Crippen MR) is 110 cm³/mol. The molecule has 156 valence electrons. The fourth-order valence-corrected chi connectivity index (χ4v) is 3.55. The third-order valence-corrected chi connectivity index (χ3v) is 4.98. The highest BCUT2D eigenvalue weighted by molar-refractivity contribution is 7.80. The molecule has 1 fully saturated rings. The van der Waals surface area contributed by atoms with Gasteiger partial charge in [-0.05, 0) is 37.2 Å². The maximum Gasteiger partial charge on any atom is 0.417 e. The number of hydrogen-bond donors (Lipinski definition) is 2. The van der Waals surface area contributed by atoms with Crippen molar-refractivity contribution in [1.82, 2.24) is 15.3 Å². The van der Waals surface area contributed by atoms with Crippen LogP contribution >= 0.6 is 23.8 Å². The lowest BCUT2D eigenvalue weighted by atomic mass is 10.1. The quantitative estimate of drug-likeness (QED) is 0.686. The monoisotopic (exact) mass is 445 g/mol. The number of piperidine rings is 1. The number of methoxy groups -OCH3 is 1. The Morgan fingerprint density at radius 1 is 1.24 bits per heavy atom. The van der Waals surface area contributed by atoms with Crippen LogP contribution in [0.3, 0.4) is 0 Å². The van der Waals surface area contributed by atoms with Gasteiger partial charge < -0.3 is 20.3 Å². The van der Waals surface area contributed by atoms with E-state index in [0.29, 0.717) is 29.9 Å². The third-order valence-electron chi connectivity index (χ3n) is 4.48. The number of nitrogens with one attached hydrogen (secondary N) is 2. The molecule has 0 atom stereocenters. The van der Waals surface area contributed by atoms with Gasteiger partial charge >= 0.3 is 6.18 Å². The highest BCUT2D eigenvalue weighted by Gasteiger charge is 2.32. The van der Waals surface area contributed by atoms with Crippen molar-refractivity contribution in [3.05, 3.63) is 41.2 Å². The standard InChI is InChI=1S/C18H19ClF3N5OS/c1-28-15-3-2-13(10-23-15)26-17(29)25-12-4-6-27(7-5-12)16-14(19)8-11(9-24-16)18(20,21)22/h2-3,8-10,12H,4-7H2,1H3,(H2,25,26,29). The molecule has 0 bridgehead atoms. The molecule has 1 aliphatic heterocycles. The van der Waals surface area contributed by atoms with Gasteiger partial charge in [0.2, 0.25) is 5.88 Å². The number of pyridine rings is 2. The van der Waals surface area contributed by atoms with E-state index in [0.717, 1.165) is 30.8 Å². The maximum absolute atomic E-state index is 12.8. The number of rotatable bonds is 4. The Hall–Kier alpha value is -2.33. The van der Waals surface area contributed by atoms with Crippen LogP contribution < -0.4 is 20.3 Å². The van der Waals surface area contributed by atoms with Crippen molar-refractivity contribution in [3.8, 4) is 5.88 Å². The number of aromatic nitrogens is 2. The van der Waals surface area contributed by atoms with Gasteiger partial charge in [-0.25, -0.2) is 9.97 Å². The molecular formula is C18H19ClF3N5OS. The van der Waals surface area contributed by atoms with Crippen LogP contribution in [-0.2, 0) is 6.18 Å². The number of hydrogen-bond acceptors (Lipinski definition) is 5. The number of halogens is 4. The van der Waals surface area contributed by atoms with Crippen LogP contribution in [-0.4, -0.2) is 41.3 Å². The van der Waals surface area contributed by atoms with E-state index in [1.807, 2.05) is 4.90 Å². The Balaban J connectivity index is 1.51. The average Bonchev–Trinajstić information content (AvgIpc) is 2.68. The minimum Gasteiger partial charge on any atom is -0.481 e. The number of ether oxygens (including phenoxy) is 1. The van der Waals surface area contributed by atoms with E-state index in [2.05, 4.69) is 20.6 Å². The molecule has 2 aromatic rings. The molecule has 0 spiro atoms. The summed E-state index contributed by atoms with van der Waals surface area (Å²) in [5.74, 6) is 0.875. The third kappa shape index (κ3) is 5.60. The Kier molecular flexibility index (Phi) is 6.63.